The lowest BCUT2D eigenvalue weighted by molar-refractivity contribution is -0.118. The summed E-state index contributed by atoms with van der Waals surface area (Å²) in [7, 11) is 0. The van der Waals surface area contributed by atoms with Crippen molar-refractivity contribution >= 4 is 29.1 Å². The fraction of sp³-hybridized carbons (Fsp3) is 0.500. The summed E-state index contributed by atoms with van der Waals surface area (Å²) >= 11 is 11.9. The van der Waals surface area contributed by atoms with E-state index in [1.165, 1.54) is 6.07 Å². The van der Waals surface area contributed by atoms with Crippen molar-refractivity contribution in [3.05, 3.63) is 27.7 Å². The number of benzene rings is 1. The predicted molar refractivity (Wildman–Crippen MR) is 80.3 cm³/mol. The molecule has 1 aliphatic heterocycles. The van der Waals surface area contributed by atoms with Crippen molar-refractivity contribution < 1.29 is 9.90 Å². The van der Waals surface area contributed by atoms with Gasteiger partial charge in [0.2, 0.25) is 5.91 Å². The fourth-order valence-corrected chi connectivity index (χ4v) is 3.17. The second-order valence-corrected chi connectivity index (χ2v) is 6.00. The van der Waals surface area contributed by atoms with Crippen LogP contribution in [0, 0.1) is 5.92 Å². The van der Waals surface area contributed by atoms with Gasteiger partial charge in [0.1, 0.15) is 5.75 Å². The van der Waals surface area contributed by atoms with Gasteiger partial charge in [-0.2, -0.15) is 0 Å². The molecule has 1 aromatic carbocycles. The van der Waals surface area contributed by atoms with E-state index >= 15 is 0 Å². The van der Waals surface area contributed by atoms with Gasteiger partial charge in [-0.1, -0.05) is 23.2 Å². The van der Waals surface area contributed by atoms with E-state index in [4.69, 9.17) is 28.9 Å². The Kier molecular flexibility index (Phi) is 5.13. The maximum Gasteiger partial charge on any atom is 0.218 e. The van der Waals surface area contributed by atoms with Gasteiger partial charge in [-0.25, -0.2) is 0 Å². The van der Waals surface area contributed by atoms with Crippen LogP contribution in [0.5, 0.6) is 5.75 Å². The molecule has 0 aliphatic carbocycles. The molecule has 0 unspecified atom stereocenters. The Morgan fingerprint density at radius 1 is 1.35 bits per heavy atom. The van der Waals surface area contributed by atoms with Gasteiger partial charge in [0.15, 0.2) is 0 Å². The summed E-state index contributed by atoms with van der Waals surface area (Å²) in [6, 6.07) is 3.07. The van der Waals surface area contributed by atoms with Crippen molar-refractivity contribution in [3.63, 3.8) is 0 Å². The van der Waals surface area contributed by atoms with Gasteiger partial charge in [0.25, 0.3) is 0 Å². The third-order valence-electron chi connectivity index (χ3n) is 3.84. The first-order chi connectivity index (χ1) is 9.49. The molecule has 1 atom stereocenters. The van der Waals surface area contributed by atoms with Crippen molar-refractivity contribution in [1.82, 2.24) is 5.32 Å². The molecule has 0 radical (unpaired) electrons. The van der Waals surface area contributed by atoms with Crippen LogP contribution in [0.3, 0.4) is 0 Å². The molecule has 1 saturated heterocycles. The summed E-state index contributed by atoms with van der Waals surface area (Å²) in [6.07, 6.45) is 2.09. The lowest BCUT2D eigenvalue weighted by Crippen LogP contribution is -2.32. The first-order valence-electron chi connectivity index (χ1n) is 6.66. The van der Waals surface area contributed by atoms with E-state index in [1.54, 1.807) is 6.07 Å². The van der Waals surface area contributed by atoms with Crippen molar-refractivity contribution in [2.75, 3.05) is 13.1 Å². The van der Waals surface area contributed by atoms with Crippen LogP contribution >= 0.6 is 23.2 Å². The van der Waals surface area contributed by atoms with Gasteiger partial charge < -0.3 is 16.2 Å². The third-order valence-corrected chi connectivity index (χ3v) is 4.57. The van der Waals surface area contributed by atoms with E-state index in [-0.39, 0.29) is 24.0 Å². The number of rotatable bonds is 4. The van der Waals surface area contributed by atoms with Crippen molar-refractivity contribution in [3.8, 4) is 5.75 Å². The number of phenolic OH excluding ortho intramolecular Hbond substituents is 1. The zero-order chi connectivity index (χ0) is 14.7. The minimum Gasteiger partial charge on any atom is -0.508 e. The molecule has 0 bridgehead atoms. The van der Waals surface area contributed by atoms with Crippen LogP contribution in [0.4, 0.5) is 0 Å². The molecule has 4 nitrogen and oxygen atoms in total. The normalized spacial score (nSPS) is 17.9. The Labute approximate surface area is 128 Å². The van der Waals surface area contributed by atoms with E-state index in [9.17, 15) is 9.90 Å². The van der Waals surface area contributed by atoms with Gasteiger partial charge in [-0.05, 0) is 49.4 Å². The molecule has 1 amide bonds. The number of carbonyl (C=O) groups is 1. The average molecular weight is 317 g/mol. The Hall–Kier alpha value is -0.970. The van der Waals surface area contributed by atoms with Gasteiger partial charge >= 0.3 is 0 Å². The highest BCUT2D eigenvalue weighted by Gasteiger charge is 2.29. The molecule has 1 heterocycles. The topological polar surface area (TPSA) is 75.4 Å². The maximum absolute atomic E-state index is 11.4. The minimum atomic E-state index is -0.376. The minimum absolute atomic E-state index is 0.0733. The molecule has 1 aromatic rings. The van der Waals surface area contributed by atoms with Crippen LogP contribution < -0.4 is 11.1 Å². The molecule has 2 rings (SSSR count). The van der Waals surface area contributed by atoms with E-state index in [0.29, 0.717) is 21.5 Å². The number of aromatic hydroxyl groups is 1. The number of carbonyl (C=O) groups excluding carboxylic acids is 1. The molecule has 20 heavy (non-hydrogen) atoms. The monoisotopic (exact) mass is 316 g/mol. The smallest absolute Gasteiger partial charge is 0.218 e. The first kappa shape index (κ1) is 15.4. The lowest BCUT2D eigenvalue weighted by atomic mass is 9.78. The number of primary amides is 1. The number of hydrogen-bond donors (Lipinski definition) is 3. The number of nitrogens with one attached hydrogen (secondary N) is 1. The van der Waals surface area contributed by atoms with Crippen molar-refractivity contribution in [2.24, 2.45) is 11.7 Å². The molecule has 1 aliphatic rings. The van der Waals surface area contributed by atoms with Crippen LogP contribution in [-0.4, -0.2) is 24.1 Å². The lowest BCUT2D eigenvalue weighted by Gasteiger charge is -2.31. The third kappa shape index (κ3) is 3.57. The van der Waals surface area contributed by atoms with Gasteiger partial charge in [0, 0.05) is 12.5 Å². The highest BCUT2D eigenvalue weighted by Crippen LogP contribution is 2.41. The number of amides is 1. The van der Waals surface area contributed by atoms with Crippen molar-refractivity contribution in [1.29, 1.82) is 0 Å². The highest BCUT2D eigenvalue weighted by molar-refractivity contribution is 6.42. The van der Waals surface area contributed by atoms with Crippen LogP contribution in [0.25, 0.3) is 0 Å². The molecule has 1 fully saturated rings. The van der Waals surface area contributed by atoms with Crippen LogP contribution in [0.15, 0.2) is 12.1 Å². The highest BCUT2D eigenvalue weighted by atomic mass is 35.5. The second kappa shape index (κ2) is 6.66. The number of piperidine rings is 1. The molecule has 110 valence electrons. The Balaban J connectivity index is 2.34. The SMILES string of the molecule is NC(=O)C[C@@H](c1cc(Cl)c(Cl)cc1O)C1CCNCC1. The average Bonchev–Trinajstić information content (AvgIpc) is 2.41. The fourth-order valence-electron chi connectivity index (χ4n) is 2.84. The standard InChI is InChI=1S/C14H18Cl2N2O2/c15-11-5-10(13(19)7-12(11)16)9(6-14(17)20)8-1-3-18-4-2-8/h5,7-9,18-19H,1-4,6H2,(H2,17,20)/t9-/m1/s1. The van der Waals surface area contributed by atoms with E-state index in [2.05, 4.69) is 5.32 Å². The number of halogens is 2. The summed E-state index contributed by atoms with van der Waals surface area (Å²) in [6.45, 7) is 1.81. The molecule has 6 heteroatoms. The Bertz CT molecular complexity index is 502. The van der Waals surface area contributed by atoms with Crippen LogP contribution in [-0.2, 0) is 4.79 Å². The summed E-state index contributed by atoms with van der Waals surface area (Å²) in [5, 5.41) is 14.1. The maximum atomic E-state index is 11.4. The van der Waals surface area contributed by atoms with Crippen LogP contribution in [0.2, 0.25) is 10.0 Å². The molecular formula is C14H18Cl2N2O2. The zero-order valence-corrected chi connectivity index (χ0v) is 12.5. The summed E-state index contributed by atoms with van der Waals surface area (Å²) in [4.78, 5) is 11.4. The zero-order valence-electron chi connectivity index (χ0n) is 11.0. The molecule has 0 spiro atoms. The largest absolute Gasteiger partial charge is 0.508 e. The van der Waals surface area contributed by atoms with E-state index < -0.39 is 0 Å². The summed E-state index contributed by atoms with van der Waals surface area (Å²) < 4.78 is 0. The van der Waals surface area contributed by atoms with Crippen LogP contribution in [0.1, 0.15) is 30.7 Å². The van der Waals surface area contributed by atoms with Gasteiger partial charge in [-0.15, -0.1) is 0 Å². The predicted octanol–water partition coefficient (Wildman–Crippen LogP) is 2.66. The van der Waals surface area contributed by atoms with E-state index in [1.807, 2.05) is 0 Å². The van der Waals surface area contributed by atoms with E-state index in [0.717, 1.165) is 25.9 Å². The number of hydrogen-bond acceptors (Lipinski definition) is 3. The van der Waals surface area contributed by atoms with Crippen molar-refractivity contribution in [2.45, 2.75) is 25.2 Å². The molecule has 4 N–H and O–H groups in total. The quantitative estimate of drug-likeness (QED) is 0.799. The molecule has 0 saturated carbocycles. The first-order valence-corrected chi connectivity index (χ1v) is 7.41. The Morgan fingerprint density at radius 3 is 2.55 bits per heavy atom. The number of nitrogens with two attached hydrogens (primary N) is 1. The Morgan fingerprint density at radius 2 is 1.95 bits per heavy atom. The number of phenols is 1. The molecule has 0 aromatic heterocycles. The molecular weight excluding hydrogens is 299 g/mol. The summed E-state index contributed by atoms with van der Waals surface area (Å²) in [5.74, 6) is -0.126. The summed E-state index contributed by atoms with van der Waals surface area (Å²) in [5.41, 5.74) is 6.02. The second-order valence-electron chi connectivity index (χ2n) is 5.19. The van der Waals surface area contributed by atoms with Gasteiger partial charge in [0.05, 0.1) is 10.0 Å². The van der Waals surface area contributed by atoms with Gasteiger partial charge in [-0.3, -0.25) is 4.79 Å².